The van der Waals surface area contributed by atoms with E-state index in [4.69, 9.17) is 8.92 Å². The number of benzene rings is 2. The van der Waals surface area contributed by atoms with E-state index in [1.54, 1.807) is 0 Å². The number of nitrogens with one attached hydrogen (secondary N) is 1. The van der Waals surface area contributed by atoms with E-state index in [0.717, 1.165) is 21.8 Å². The summed E-state index contributed by atoms with van der Waals surface area (Å²) in [5, 5.41) is 3.47. The van der Waals surface area contributed by atoms with E-state index in [-0.39, 0.29) is 37.6 Å². The number of rotatable bonds is 4. The molecule has 0 unspecified atom stereocenters. The first-order valence-corrected chi connectivity index (χ1v) is 12.0. The molecular weight excluding hydrogens is 451 g/mol. The molecule has 1 N–H and O–H groups in total. The van der Waals surface area contributed by atoms with Gasteiger partial charge in [-0.2, -0.15) is 12.7 Å². The molecule has 0 bridgehead atoms. The van der Waals surface area contributed by atoms with Crippen LogP contribution in [0.25, 0.3) is 6.08 Å². The minimum atomic E-state index is -4.13. The molecule has 0 atom stereocenters. The number of carbonyl (C=O) groups is 1. The van der Waals surface area contributed by atoms with E-state index in [1.165, 1.54) is 30.3 Å². The van der Waals surface area contributed by atoms with E-state index in [0.29, 0.717) is 11.3 Å². The quantitative estimate of drug-likeness (QED) is 0.680. The molecule has 2 aliphatic rings. The van der Waals surface area contributed by atoms with Crippen LogP contribution in [0.3, 0.4) is 0 Å². The molecule has 2 aliphatic heterocycles. The number of anilines is 1. The third kappa shape index (κ3) is 4.46. The number of ether oxygens (including phenoxy) is 1. The Labute approximate surface area is 178 Å². The van der Waals surface area contributed by atoms with Crippen molar-refractivity contribution in [2.75, 3.05) is 31.6 Å². The van der Waals surface area contributed by atoms with Gasteiger partial charge in [0.15, 0.2) is 0 Å². The highest BCUT2D eigenvalue weighted by Gasteiger charge is 2.30. The maximum absolute atomic E-state index is 14.3. The van der Waals surface area contributed by atoms with Gasteiger partial charge in [-0.05, 0) is 42.5 Å². The van der Waals surface area contributed by atoms with Crippen LogP contribution in [0.5, 0.6) is 5.75 Å². The van der Waals surface area contributed by atoms with Gasteiger partial charge in [-0.15, -0.1) is 0 Å². The Kier molecular flexibility index (Phi) is 5.56. The molecule has 9 nitrogen and oxygen atoms in total. The number of carbonyl (C=O) groups excluding carboxylic acids is 1. The van der Waals surface area contributed by atoms with Crippen LogP contribution in [0.15, 0.2) is 46.7 Å². The minimum absolute atomic E-state index is 0.0553. The maximum Gasteiger partial charge on any atom is 0.332 e. The Morgan fingerprint density at radius 1 is 1.10 bits per heavy atom. The molecule has 0 radical (unpaired) electrons. The zero-order valence-corrected chi connectivity index (χ0v) is 17.6. The Balaban J connectivity index is 1.58. The van der Waals surface area contributed by atoms with Crippen LogP contribution in [-0.4, -0.2) is 53.4 Å². The zero-order chi connectivity index (χ0) is 22.2. The number of amides is 1. The summed E-state index contributed by atoms with van der Waals surface area (Å²) < 4.78 is 73.9. The first kappa shape index (κ1) is 21.4. The first-order chi connectivity index (χ1) is 14.7. The summed E-state index contributed by atoms with van der Waals surface area (Å²) in [5.41, 5.74) is 0.695. The van der Waals surface area contributed by atoms with E-state index >= 15 is 0 Å². The van der Waals surface area contributed by atoms with Crippen LogP contribution in [0.2, 0.25) is 0 Å². The van der Waals surface area contributed by atoms with E-state index < -0.39 is 36.8 Å². The van der Waals surface area contributed by atoms with Crippen molar-refractivity contribution in [1.29, 1.82) is 0 Å². The number of sulfonamides is 1. The lowest BCUT2D eigenvalue weighted by molar-refractivity contribution is 0.0729. The molecular formula is C19H17FN2O7S2. The van der Waals surface area contributed by atoms with E-state index in [9.17, 15) is 26.0 Å². The molecule has 1 fully saturated rings. The van der Waals surface area contributed by atoms with Gasteiger partial charge in [-0.3, -0.25) is 4.79 Å². The summed E-state index contributed by atoms with van der Waals surface area (Å²) >= 11 is 0. The van der Waals surface area contributed by atoms with Crippen LogP contribution in [-0.2, 0) is 24.9 Å². The smallest absolute Gasteiger partial charge is 0.332 e. The van der Waals surface area contributed by atoms with Gasteiger partial charge in [-0.1, -0.05) is 0 Å². The molecule has 1 amide bonds. The van der Waals surface area contributed by atoms with Crippen molar-refractivity contribution in [2.24, 2.45) is 0 Å². The van der Waals surface area contributed by atoms with Gasteiger partial charge < -0.3 is 14.2 Å². The van der Waals surface area contributed by atoms with Crippen LogP contribution in [0.4, 0.5) is 10.1 Å². The van der Waals surface area contributed by atoms with Crippen LogP contribution >= 0.6 is 0 Å². The second kappa shape index (κ2) is 8.04. The molecule has 164 valence electrons. The molecule has 2 aromatic rings. The van der Waals surface area contributed by atoms with Crippen molar-refractivity contribution < 1.29 is 34.9 Å². The van der Waals surface area contributed by atoms with Gasteiger partial charge in [0.1, 0.15) is 16.5 Å². The second-order valence-corrected chi connectivity index (χ2v) is 10.1. The average Bonchev–Trinajstić information content (AvgIpc) is 2.74. The minimum Gasteiger partial charge on any atom is -0.379 e. The van der Waals surface area contributed by atoms with Gasteiger partial charge in [0.25, 0.3) is 5.91 Å². The van der Waals surface area contributed by atoms with Gasteiger partial charge in [-0.25, -0.2) is 12.8 Å². The molecule has 0 spiro atoms. The Hall–Kier alpha value is -2.80. The predicted molar refractivity (Wildman–Crippen MR) is 109 cm³/mol. The largest absolute Gasteiger partial charge is 0.379 e. The lowest BCUT2D eigenvalue weighted by atomic mass is 10.1. The normalized spacial score (nSPS) is 18.1. The molecule has 1 saturated heterocycles. The van der Waals surface area contributed by atoms with Crippen LogP contribution in [0.1, 0.15) is 15.9 Å². The third-order valence-corrected chi connectivity index (χ3v) is 7.46. The van der Waals surface area contributed by atoms with Gasteiger partial charge in [0.05, 0.1) is 18.6 Å². The number of hydrogen-bond donors (Lipinski definition) is 1. The number of fused-ring (bicyclic) bond motifs is 1. The highest BCUT2D eigenvalue weighted by molar-refractivity contribution is 7.90. The topological polar surface area (TPSA) is 119 Å². The average molecular weight is 468 g/mol. The predicted octanol–water partition coefficient (Wildman–Crippen LogP) is 1.79. The zero-order valence-electron chi connectivity index (χ0n) is 15.9. The summed E-state index contributed by atoms with van der Waals surface area (Å²) in [6.45, 7) is 0.606. The molecule has 4 rings (SSSR count). The van der Waals surface area contributed by atoms with Crippen molar-refractivity contribution in [2.45, 2.75) is 4.90 Å². The summed E-state index contributed by atoms with van der Waals surface area (Å²) in [4.78, 5) is 12.1. The molecule has 12 heteroatoms. The fraction of sp³-hybridized carbons (Fsp3) is 0.211. The summed E-state index contributed by atoms with van der Waals surface area (Å²) in [5.74, 6) is -1.51. The highest BCUT2D eigenvalue weighted by atomic mass is 32.2. The number of halogens is 1. The summed E-state index contributed by atoms with van der Waals surface area (Å²) in [6.07, 6.45) is 1.33. The maximum atomic E-state index is 14.3. The molecule has 31 heavy (non-hydrogen) atoms. The molecule has 0 aromatic heterocycles. The first-order valence-electron chi connectivity index (χ1n) is 9.11. The lowest BCUT2D eigenvalue weighted by Crippen LogP contribution is -2.41. The fourth-order valence-corrected chi connectivity index (χ4v) is 5.38. The van der Waals surface area contributed by atoms with E-state index in [1.807, 2.05) is 0 Å². The summed E-state index contributed by atoms with van der Waals surface area (Å²) in [6, 6.07) is 7.40. The van der Waals surface area contributed by atoms with Crippen LogP contribution in [0, 0.1) is 5.82 Å². The fourth-order valence-electron chi connectivity index (χ4n) is 3.11. The number of hydrogen-bond acceptors (Lipinski definition) is 7. The van der Waals surface area contributed by atoms with Crippen molar-refractivity contribution in [3.05, 3.63) is 58.8 Å². The van der Waals surface area contributed by atoms with Crippen molar-refractivity contribution in [1.82, 2.24) is 4.31 Å². The molecule has 2 heterocycles. The third-order valence-electron chi connectivity index (χ3n) is 4.67. The second-order valence-electron chi connectivity index (χ2n) is 6.75. The monoisotopic (exact) mass is 468 g/mol. The molecule has 0 saturated carbocycles. The van der Waals surface area contributed by atoms with Gasteiger partial charge in [0.2, 0.25) is 10.0 Å². The van der Waals surface area contributed by atoms with Gasteiger partial charge in [0, 0.05) is 29.9 Å². The Bertz CT molecular complexity index is 1280. The SMILES string of the molecule is O=C(Nc1ccc2c(c1)C=CS(=O)(=O)O2)c1ccc(F)c(S(=O)(=O)N2CCOCC2)c1. The standard InChI is InChI=1S/C19H17FN2O7S2/c20-16-3-1-14(12-18(16)31(26,27)22-6-8-28-9-7-22)19(23)21-15-2-4-17-13(11-15)5-10-30(24,25)29-17/h1-5,10-12H,6-9H2,(H,21,23). The van der Waals surface area contributed by atoms with E-state index in [2.05, 4.69) is 5.32 Å². The van der Waals surface area contributed by atoms with Crippen LogP contribution < -0.4 is 9.50 Å². The van der Waals surface area contributed by atoms with Crippen molar-refractivity contribution in [3.8, 4) is 5.75 Å². The number of nitrogens with zero attached hydrogens (tertiary/aromatic N) is 1. The number of morpholine rings is 1. The highest BCUT2D eigenvalue weighted by Crippen LogP contribution is 2.30. The Morgan fingerprint density at radius 2 is 1.84 bits per heavy atom. The molecule has 2 aromatic carbocycles. The molecule has 0 aliphatic carbocycles. The Morgan fingerprint density at radius 3 is 2.58 bits per heavy atom. The lowest BCUT2D eigenvalue weighted by Gasteiger charge is -2.26. The summed E-state index contributed by atoms with van der Waals surface area (Å²) in [7, 11) is -7.91. The van der Waals surface area contributed by atoms with Crippen molar-refractivity contribution >= 4 is 37.8 Å². The van der Waals surface area contributed by atoms with Gasteiger partial charge >= 0.3 is 10.1 Å². The van der Waals surface area contributed by atoms with Crippen molar-refractivity contribution in [3.63, 3.8) is 0 Å².